The van der Waals surface area contributed by atoms with Crippen LogP contribution in [0.3, 0.4) is 0 Å². The van der Waals surface area contributed by atoms with Gasteiger partial charge in [0.15, 0.2) is 0 Å². The lowest BCUT2D eigenvalue weighted by molar-refractivity contribution is -0.129. The van der Waals surface area contributed by atoms with Gasteiger partial charge in [-0.15, -0.1) is 0 Å². The molecular weight excluding hydrogens is 540 g/mol. The van der Waals surface area contributed by atoms with E-state index >= 15 is 0 Å². The van der Waals surface area contributed by atoms with Crippen molar-refractivity contribution in [1.29, 1.82) is 0 Å². The lowest BCUT2D eigenvalue weighted by atomic mass is 9.87. The summed E-state index contributed by atoms with van der Waals surface area (Å²) in [4.78, 5) is 50.1. The summed E-state index contributed by atoms with van der Waals surface area (Å²) in [7, 11) is 0. The molecule has 2 unspecified atom stereocenters. The lowest BCUT2D eigenvalue weighted by Crippen LogP contribution is -2.53. The van der Waals surface area contributed by atoms with E-state index in [0.29, 0.717) is 24.2 Å². The molecule has 2 heterocycles. The van der Waals surface area contributed by atoms with Crippen molar-refractivity contribution in [2.75, 3.05) is 11.4 Å². The molecule has 2 atom stereocenters. The van der Waals surface area contributed by atoms with Crippen LogP contribution in [0, 0.1) is 5.41 Å². The molecule has 2 aromatic rings. The Balaban J connectivity index is 1.81. The number of aromatic nitrogens is 1. The molecule has 2 aliphatic rings. The Kier molecular flexibility index (Phi) is 9.57. The van der Waals surface area contributed by atoms with Crippen LogP contribution in [0.1, 0.15) is 111 Å². The van der Waals surface area contributed by atoms with Crippen LogP contribution in [0.4, 0.5) is 10.5 Å². The Labute approximate surface area is 257 Å². The zero-order valence-electron chi connectivity index (χ0n) is 27.3. The van der Waals surface area contributed by atoms with E-state index in [1.807, 2.05) is 51.1 Å². The largest absolute Gasteiger partial charge is 0.444 e. The van der Waals surface area contributed by atoms with E-state index in [1.54, 1.807) is 28.3 Å². The van der Waals surface area contributed by atoms with Gasteiger partial charge in [-0.3, -0.25) is 24.4 Å². The number of nitrogens with one attached hydrogen (secondary N) is 1. The fraction of sp³-hybridized carbons (Fsp3) is 0.600. The molecule has 8 nitrogen and oxygen atoms in total. The van der Waals surface area contributed by atoms with Crippen LogP contribution in [0.15, 0.2) is 48.8 Å². The number of amides is 3. The average Bonchev–Trinajstić information content (AvgIpc) is 3.26. The molecule has 234 valence electrons. The third-order valence-corrected chi connectivity index (χ3v) is 8.34. The maximum atomic E-state index is 14.9. The molecule has 0 spiro atoms. The first kappa shape index (κ1) is 32.5. The fourth-order valence-electron chi connectivity index (χ4n) is 6.17. The highest BCUT2D eigenvalue weighted by Gasteiger charge is 2.48. The van der Waals surface area contributed by atoms with Gasteiger partial charge >= 0.3 is 6.09 Å². The molecule has 1 N–H and O–H groups in total. The van der Waals surface area contributed by atoms with E-state index in [-0.39, 0.29) is 28.7 Å². The van der Waals surface area contributed by atoms with Crippen LogP contribution in [0.25, 0.3) is 0 Å². The summed E-state index contributed by atoms with van der Waals surface area (Å²) in [6, 6.07) is 9.77. The number of hydrogen-bond acceptors (Lipinski definition) is 5. The minimum Gasteiger partial charge on any atom is -0.444 e. The first-order valence-electron chi connectivity index (χ1n) is 15.7. The molecule has 1 aliphatic heterocycles. The van der Waals surface area contributed by atoms with Crippen molar-refractivity contribution in [1.82, 2.24) is 15.2 Å². The molecule has 1 aromatic heterocycles. The first-order chi connectivity index (χ1) is 20.1. The third kappa shape index (κ3) is 8.15. The van der Waals surface area contributed by atoms with Crippen LogP contribution >= 0.6 is 0 Å². The third-order valence-electron chi connectivity index (χ3n) is 8.34. The van der Waals surface area contributed by atoms with Gasteiger partial charge in [0, 0.05) is 36.2 Å². The second-order valence-corrected chi connectivity index (χ2v) is 15.0. The van der Waals surface area contributed by atoms with Gasteiger partial charge in [-0.1, -0.05) is 72.1 Å². The van der Waals surface area contributed by atoms with E-state index in [1.165, 1.54) is 6.42 Å². The fourth-order valence-corrected chi connectivity index (χ4v) is 6.17. The zero-order valence-corrected chi connectivity index (χ0v) is 27.3. The molecule has 4 rings (SSSR count). The first-order valence-corrected chi connectivity index (χ1v) is 15.7. The molecule has 0 bridgehead atoms. The predicted octanol–water partition coefficient (Wildman–Crippen LogP) is 6.94. The van der Waals surface area contributed by atoms with Gasteiger partial charge < -0.3 is 10.1 Å². The maximum absolute atomic E-state index is 14.9. The SMILES string of the molecule is CC1(C)CC(C(=O)N(c2ccc(C(C)(C)C)cc2)C(C(=O)NC2CCCCC2)c2cccnc2)N(C(=O)OC(C)(C)C)C1. The number of benzene rings is 1. The van der Waals surface area contributed by atoms with Gasteiger partial charge in [-0.2, -0.15) is 0 Å². The van der Waals surface area contributed by atoms with Gasteiger partial charge in [0.05, 0.1) is 0 Å². The smallest absolute Gasteiger partial charge is 0.410 e. The molecular formula is C35H50N4O4. The molecule has 1 aromatic carbocycles. The van der Waals surface area contributed by atoms with Crippen molar-refractivity contribution in [3.63, 3.8) is 0 Å². The van der Waals surface area contributed by atoms with Crippen molar-refractivity contribution in [2.24, 2.45) is 5.41 Å². The molecule has 3 amide bonds. The number of rotatable bonds is 6. The molecule has 1 saturated heterocycles. The topological polar surface area (TPSA) is 91.8 Å². The molecule has 1 aliphatic carbocycles. The second kappa shape index (κ2) is 12.7. The van der Waals surface area contributed by atoms with E-state index in [0.717, 1.165) is 31.2 Å². The van der Waals surface area contributed by atoms with Gasteiger partial charge in [0.1, 0.15) is 17.7 Å². The van der Waals surface area contributed by atoms with Crippen LogP contribution < -0.4 is 10.2 Å². The second-order valence-electron chi connectivity index (χ2n) is 15.0. The van der Waals surface area contributed by atoms with Crippen molar-refractivity contribution < 1.29 is 19.1 Å². The van der Waals surface area contributed by atoms with Crippen LogP contribution in [-0.4, -0.2) is 52.0 Å². The zero-order chi connectivity index (χ0) is 31.6. The van der Waals surface area contributed by atoms with Crippen LogP contribution in [-0.2, 0) is 19.7 Å². The standard InChI is InChI=1S/C35H50N4O4/c1-33(2,3)25-16-18-27(19-17-25)39(31(41)28-21-35(7,8)23-38(28)32(42)43-34(4,5)6)29(24-13-12-20-36-22-24)30(40)37-26-14-10-9-11-15-26/h12-13,16-20,22,26,28-29H,9-11,14-15,21,23H2,1-8H3,(H,37,40). The van der Waals surface area contributed by atoms with Gasteiger partial charge in [-0.25, -0.2) is 4.79 Å². The summed E-state index contributed by atoms with van der Waals surface area (Å²) in [6.45, 7) is 16.4. The highest BCUT2D eigenvalue weighted by Crippen LogP contribution is 2.39. The Hall–Kier alpha value is -3.42. The lowest BCUT2D eigenvalue weighted by Gasteiger charge is -2.37. The van der Waals surface area contributed by atoms with Crippen molar-refractivity contribution in [2.45, 2.75) is 123 Å². The molecule has 2 fully saturated rings. The summed E-state index contributed by atoms with van der Waals surface area (Å²) in [5.41, 5.74) is 1.22. The minimum absolute atomic E-state index is 0.0596. The van der Waals surface area contributed by atoms with E-state index in [4.69, 9.17) is 4.74 Å². The Morgan fingerprint density at radius 2 is 1.65 bits per heavy atom. The number of pyridine rings is 1. The highest BCUT2D eigenvalue weighted by atomic mass is 16.6. The Morgan fingerprint density at radius 3 is 2.21 bits per heavy atom. The Bertz CT molecular complexity index is 1270. The molecule has 8 heteroatoms. The quantitative estimate of drug-likeness (QED) is 0.394. The monoisotopic (exact) mass is 590 g/mol. The molecule has 43 heavy (non-hydrogen) atoms. The predicted molar refractivity (Wildman–Crippen MR) is 170 cm³/mol. The molecule has 0 radical (unpaired) electrons. The average molecular weight is 591 g/mol. The number of anilines is 1. The van der Waals surface area contributed by atoms with Gasteiger partial charge in [0.2, 0.25) is 5.91 Å². The summed E-state index contributed by atoms with van der Waals surface area (Å²) in [5.74, 6) is -0.554. The number of carbonyl (C=O) groups is 3. The Morgan fingerprint density at radius 1 is 1.00 bits per heavy atom. The number of likely N-dealkylation sites (tertiary alicyclic amines) is 1. The minimum atomic E-state index is -0.965. The van der Waals surface area contributed by atoms with E-state index < -0.39 is 23.8 Å². The highest BCUT2D eigenvalue weighted by molar-refractivity contribution is 6.05. The normalized spacial score (nSPS) is 19.9. The summed E-state index contributed by atoms with van der Waals surface area (Å²) in [6.07, 6.45) is 8.39. The van der Waals surface area contributed by atoms with Crippen LogP contribution in [0.2, 0.25) is 0 Å². The van der Waals surface area contributed by atoms with Crippen molar-refractivity contribution in [3.05, 3.63) is 59.9 Å². The van der Waals surface area contributed by atoms with E-state index in [2.05, 4.69) is 44.9 Å². The van der Waals surface area contributed by atoms with Crippen molar-refractivity contribution >= 4 is 23.6 Å². The molecule has 1 saturated carbocycles. The number of hydrogen-bond donors (Lipinski definition) is 1. The summed E-state index contributed by atoms with van der Waals surface area (Å²) >= 11 is 0. The van der Waals surface area contributed by atoms with Gasteiger partial charge in [0.25, 0.3) is 5.91 Å². The maximum Gasteiger partial charge on any atom is 0.410 e. The van der Waals surface area contributed by atoms with Crippen LogP contribution in [0.5, 0.6) is 0 Å². The summed E-state index contributed by atoms with van der Waals surface area (Å²) < 4.78 is 5.75. The summed E-state index contributed by atoms with van der Waals surface area (Å²) in [5, 5.41) is 3.26. The number of ether oxygens (including phenoxy) is 1. The number of carbonyl (C=O) groups excluding carboxylic acids is 3. The van der Waals surface area contributed by atoms with Crippen molar-refractivity contribution in [3.8, 4) is 0 Å². The number of nitrogens with zero attached hydrogens (tertiary/aromatic N) is 3. The van der Waals surface area contributed by atoms with Gasteiger partial charge in [-0.05, 0) is 74.6 Å². The van der Waals surface area contributed by atoms with E-state index in [9.17, 15) is 14.4 Å².